The zero-order valence-corrected chi connectivity index (χ0v) is 16.2. The van der Waals surface area contributed by atoms with Crippen LogP contribution in [0.4, 0.5) is 9.52 Å². The lowest BCUT2D eigenvalue weighted by atomic mass is 9.92. The van der Waals surface area contributed by atoms with Crippen LogP contribution in [0.3, 0.4) is 0 Å². The fourth-order valence-corrected chi connectivity index (χ4v) is 3.96. The number of anilines is 1. The van der Waals surface area contributed by atoms with Crippen molar-refractivity contribution >= 4 is 34.8 Å². The second-order valence-electron chi connectivity index (χ2n) is 6.30. The number of hydrogen-bond acceptors (Lipinski definition) is 5. The number of nitrogens with zero attached hydrogens (tertiary/aromatic N) is 1. The third kappa shape index (κ3) is 5.23. The van der Waals surface area contributed by atoms with E-state index in [1.807, 2.05) is 13.0 Å². The Morgan fingerprint density at radius 3 is 2.88 bits per heavy atom. The number of nitrogens with two attached hydrogens (primary N) is 1. The Morgan fingerprint density at radius 1 is 1.46 bits per heavy atom. The first-order valence-electron chi connectivity index (χ1n) is 8.38. The number of hydrogen-bond donors (Lipinski definition) is 2. The summed E-state index contributed by atoms with van der Waals surface area (Å²) in [7, 11) is 0. The van der Waals surface area contributed by atoms with Gasteiger partial charge in [0.05, 0.1) is 11.7 Å². The highest BCUT2D eigenvalue weighted by atomic mass is 35.5. The summed E-state index contributed by atoms with van der Waals surface area (Å²) < 4.78 is 18.6. The van der Waals surface area contributed by atoms with Crippen LogP contribution in [0.1, 0.15) is 29.0 Å². The molecule has 1 aromatic heterocycles. The van der Waals surface area contributed by atoms with Crippen LogP contribution in [0.5, 0.6) is 0 Å². The predicted molar refractivity (Wildman–Crippen MR) is 103 cm³/mol. The summed E-state index contributed by atoms with van der Waals surface area (Å²) >= 11 is 1.41. The molecule has 1 aromatic carbocycles. The summed E-state index contributed by atoms with van der Waals surface area (Å²) in [5, 5.41) is 3.36. The van der Waals surface area contributed by atoms with E-state index >= 15 is 0 Å². The minimum absolute atomic E-state index is 0. The quantitative estimate of drug-likeness (QED) is 0.808. The molecule has 0 radical (unpaired) electrons. The molecule has 26 heavy (non-hydrogen) atoms. The number of aryl methyl sites for hydroxylation is 1. The van der Waals surface area contributed by atoms with Crippen molar-refractivity contribution in [1.29, 1.82) is 0 Å². The smallest absolute Gasteiger partial charge is 0.243 e. The Labute approximate surface area is 162 Å². The number of halogens is 2. The lowest BCUT2D eigenvalue weighted by Crippen LogP contribution is -2.43. The average molecular weight is 400 g/mol. The number of thiazole rings is 1. The van der Waals surface area contributed by atoms with Crippen LogP contribution >= 0.6 is 23.7 Å². The highest BCUT2D eigenvalue weighted by Gasteiger charge is 2.27. The molecule has 0 aliphatic carbocycles. The van der Waals surface area contributed by atoms with Gasteiger partial charge in [-0.25, -0.2) is 9.37 Å². The third-order valence-corrected chi connectivity index (χ3v) is 5.53. The number of amides is 1. The van der Waals surface area contributed by atoms with Gasteiger partial charge in [0, 0.05) is 24.5 Å². The topological polar surface area (TPSA) is 77.2 Å². The number of rotatable bonds is 5. The minimum atomic E-state index is -0.556. The minimum Gasteiger partial charge on any atom is -0.381 e. The van der Waals surface area contributed by atoms with Crippen LogP contribution in [-0.4, -0.2) is 30.1 Å². The molecule has 5 nitrogen and oxygen atoms in total. The molecule has 1 aliphatic rings. The van der Waals surface area contributed by atoms with Crippen molar-refractivity contribution in [2.45, 2.75) is 32.2 Å². The Hall–Kier alpha value is -1.54. The molecule has 2 heterocycles. The van der Waals surface area contributed by atoms with E-state index < -0.39 is 6.04 Å². The molecule has 1 amide bonds. The molecule has 1 saturated heterocycles. The van der Waals surface area contributed by atoms with Gasteiger partial charge in [0.2, 0.25) is 5.91 Å². The van der Waals surface area contributed by atoms with Crippen LogP contribution in [0.25, 0.3) is 0 Å². The van der Waals surface area contributed by atoms with Gasteiger partial charge in [0.15, 0.2) is 5.13 Å². The van der Waals surface area contributed by atoms with E-state index in [2.05, 4.69) is 10.3 Å². The Balaban J connectivity index is 0.00000243. The van der Waals surface area contributed by atoms with Gasteiger partial charge in [-0.05, 0) is 43.4 Å². The van der Waals surface area contributed by atoms with E-state index in [-0.39, 0.29) is 30.0 Å². The molecule has 0 bridgehead atoms. The molecule has 142 valence electrons. The standard InChI is InChI=1S/C18H22FN3O2S.ClH/c1-11-15(10-12-3-2-4-14(19)9-12)25-18(21-11)22-17(23)16(20)13-5-7-24-8-6-13;/h2-4,9,13,16H,5-8,10,20H2,1H3,(H,21,22,23);1H. The Morgan fingerprint density at radius 2 is 2.19 bits per heavy atom. The molecule has 1 unspecified atom stereocenters. The number of benzene rings is 1. The first kappa shape index (κ1) is 20.8. The van der Waals surface area contributed by atoms with Gasteiger partial charge in [0.1, 0.15) is 5.82 Å². The van der Waals surface area contributed by atoms with Crippen LogP contribution < -0.4 is 11.1 Å². The number of ether oxygens (including phenoxy) is 1. The SMILES string of the molecule is Cc1nc(NC(=O)C(N)C2CCOCC2)sc1Cc1cccc(F)c1.Cl. The van der Waals surface area contributed by atoms with Gasteiger partial charge in [-0.15, -0.1) is 23.7 Å². The van der Waals surface area contributed by atoms with Gasteiger partial charge in [-0.1, -0.05) is 12.1 Å². The van der Waals surface area contributed by atoms with Gasteiger partial charge in [-0.2, -0.15) is 0 Å². The summed E-state index contributed by atoms with van der Waals surface area (Å²) in [6.45, 7) is 3.19. The summed E-state index contributed by atoms with van der Waals surface area (Å²) in [6.07, 6.45) is 2.19. The monoisotopic (exact) mass is 399 g/mol. The molecule has 8 heteroatoms. The third-order valence-electron chi connectivity index (χ3n) is 4.45. The van der Waals surface area contributed by atoms with Crippen LogP contribution in [0.2, 0.25) is 0 Å². The van der Waals surface area contributed by atoms with Gasteiger partial charge >= 0.3 is 0 Å². The normalized spacial score (nSPS) is 16.0. The van der Waals surface area contributed by atoms with Crippen molar-refractivity contribution in [2.75, 3.05) is 18.5 Å². The largest absolute Gasteiger partial charge is 0.381 e. The molecular weight excluding hydrogens is 377 g/mol. The molecule has 1 fully saturated rings. The maximum atomic E-state index is 13.3. The van der Waals surface area contributed by atoms with Crippen LogP contribution in [-0.2, 0) is 16.0 Å². The van der Waals surface area contributed by atoms with Crippen molar-refractivity contribution in [3.8, 4) is 0 Å². The number of aromatic nitrogens is 1. The summed E-state index contributed by atoms with van der Waals surface area (Å²) in [5.41, 5.74) is 7.81. The molecule has 1 atom stereocenters. The van der Waals surface area contributed by atoms with Gasteiger partial charge in [0.25, 0.3) is 0 Å². The molecular formula is C18H23ClFN3O2S. The van der Waals surface area contributed by atoms with E-state index in [0.717, 1.165) is 29.0 Å². The van der Waals surface area contributed by atoms with Gasteiger partial charge in [-0.3, -0.25) is 4.79 Å². The lowest BCUT2D eigenvalue weighted by Gasteiger charge is -2.26. The maximum Gasteiger partial charge on any atom is 0.243 e. The average Bonchev–Trinajstić information content (AvgIpc) is 2.94. The molecule has 0 saturated carbocycles. The maximum absolute atomic E-state index is 13.3. The molecule has 0 spiro atoms. The van der Waals surface area contributed by atoms with Crippen LogP contribution in [0, 0.1) is 18.7 Å². The molecule has 3 rings (SSSR count). The second kappa shape index (κ2) is 9.41. The lowest BCUT2D eigenvalue weighted by molar-refractivity contribution is -0.119. The Kier molecular flexibility index (Phi) is 7.52. The van der Waals surface area contributed by atoms with E-state index in [1.54, 1.807) is 6.07 Å². The first-order valence-corrected chi connectivity index (χ1v) is 9.19. The van der Waals surface area contributed by atoms with Gasteiger partial charge < -0.3 is 15.8 Å². The fourth-order valence-electron chi connectivity index (χ4n) is 2.96. The van der Waals surface area contributed by atoms with Crippen molar-refractivity contribution < 1.29 is 13.9 Å². The Bertz CT molecular complexity index is 750. The highest BCUT2D eigenvalue weighted by molar-refractivity contribution is 7.15. The van der Waals surface area contributed by atoms with Crippen molar-refractivity contribution in [3.63, 3.8) is 0 Å². The zero-order chi connectivity index (χ0) is 17.8. The van der Waals surface area contributed by atoms with Crippen molar-refractivity contribution in [2.24, 2.45) is 11.7 Å². The van der Waals surface area contributed by atoms with Crippen LogP contribution in [0.15, 0.2) is 24.3 Å². The number of carbonyl (C=O) groups excluding carboxylic acids is 1. The first-order chi connectivity index (χ1) is 12.0. The predicted octanol–water partition coefficient (Wildman–Crippen LogP) is 3.30. The number of nitrogens with one attached hydrogen (secondary N) is 1. The summed E-state index contributed by atoms with van der Waals surface area (Å²) in [4.78, 5) is 17.8. The van der Waals surface area contributed by atoms with E-state index in [9.17, 15) is 9.18 Å². The van der Waals surface area contributed by atoms with E-state index in [0.29, 0.717) is 24.8 Å². The fraction of sp³-hybridized carbons (Fsp3) is 0.444. The second-order valence-corrected chi connectivity index (χ2v) is 7.38. The van der Waals surface area contributed by atoms with Crippen molar-refractivity contribution in [1.82, 2.24) is 4.98 Å². The highest BCUT2D eigenvalue weighted by Crippen LogP contribution is 2.26. The number of carbonyl (C=O) groups is 1. The molecule has 2 aromatic rings. The van der Waals surface area contributed by atoms with E-state index in [4.69, 9.17) is 10.5 Å². The zero-order valence-electron chi connectivity index (χ0n) is 14.5. The van der Waals surface area contributed by atoms with E-state index in [1.165, 1.54) is 23.5 Å². The molecule has 3 N–H and O–H groups in total. The van der Waals surface area contributed by atoms with Crippen molar-refractivity contribution in [3.05, 3.63) is 46.2 Å². The molecule has 1 aliphatic heterocycles. The summed E-state index contributed by atoms with van der Waals surface area (Å²) in [6, 6.07) is 5.95. The summed E-state index contributed by atoms with van der Waals surface area (Å²) in [5.74, 6) is -0.324.